The van der Waals surface area contributed by atoms with E-state index in [1.165, 1.54) is 11.2 Å². The number of aromatic nitrogens is 2. The quantitative estimate of drug-likeness (QED) is 0.683. The van der Waals surface area contributed by atoms with Crippen LogP contribution in [0.5, 0.6) is 5.88 Å². The fraction of sp³-hybridized carbons (Fsp3) is 0.542. The van der Waals surface area contributed by atoms with E-state index in [4.69, 9.17) is 15.2 Å². The molecule has 10 heteroatoms. The van der Waals surface area contributed by atoms with E-state index in [0.717, 1.165) is 10.9 Å². The highest BCUT2D eigenvalue weighted by atomic mass is 16.6. The highest BCUT2D eigenvalue weighted by molar-refractivity contribution is 5.91. The predicted molar refractivity (Wildman–Crippen MR) is 126 cm³/mol. The maximum Gasteiger partial charge on any atom is 0.408 e. The topological polar surface area (TPSA) is 137 Å². The van der Waals surface area contributed by atoms with E-state index in [0.29, 0.717) is 5.88 Å². The van der Waals surface area contributed by atoms with Gasteiger partial charge in [-0.15, -0.1) is 0 Å². The molecule has 0 bridgehead atoms. The van der Waals surface area contributed by atoms with Gasteiger partial charge in [-0.05, 0) is 32.9 Å². The van der Waals surface area contributed by atoms with Crippen molar-refractivity contribution in [1.82, 2.24) is 20.2 Å². The van der Waals surface area contributed by atoms with Gasteiger partial charge >= 0.3 is 6.09 Å². The zero-order valence-electron chi connectivity index (χ0n) is 20.5. The lowest BCUT2D eigenvalue weighted by Crippen LogP contribution is -2.54. The minimum atomic E-state index is -1.13. The summed E-state index contributed by atoms with van der Waals surface area (Å²) in [6.07, 6.45) is -0.766. The summed E-state index contributed by atoms with van der Waals surface area (Å²) < 4.78 is 11.6. The minimum Gasteiger partial charge on any atom is -0.472 e. The lowest BCUT2D eigenvalue weighted by atomic mass is 9.88. The molecular formula is C24H33N5O5. The number of likely N-dealkylation sites (tertiary alicyclic amines) is 1. The van der Waals surface area contributed by atoms with Crippen molar-refractivity contribution in [1.29, 1.82) is 0 Å². The van der Waals surface area contributed by atoms with Crippen LogP contribution in [-0.4, -0.2) is 63.1 Å². The number of nitrogens with two attached hydrogens (primary N) is 1. The molecule has 1 aliphatic rings. The summed E-state index contributed by atoms with van der Waals surface area (Å²) >= 11 is 0. The van der Waals surface area contributed by atoms with Gasteiger partial charge in [0.1, 0.15) is 18.5 Å². The van der Waals surface area contributed by atoms with Gasteiger partial charge in [-0.3, -0.25) is 9.59 Å². The molecule has 1 unspecified atom stereocenters. The van der Waals surface area contributed by atoms with Gasteiger partial charge in [-0.1, -0.05) is 32.9 Å². The summed E-state index contributed by atoms with van der Waals surface area (Å²) in [5.74, 6) is -0.793. The smallest absolute Gasteiger partial charge is 0.408 e. The molecule has 0 radical (unpaired) electrons. The number of benzene rings is 1. The summed E-state index contributed by atoms with van der Waals surface area (Å²) in [5, 5.41) is 3.42. The van der Waals surface area contributed by atoms with E-state index in [2.05, 4.69) is 15.3 Å². The Morgan fingerprint density at radius 1 is 1.12 bits per heavy atom. The van der Waals surface area contributed by atoms with Crippen LogP contribution in [-0.2, 0) is 14.3 Å². The van der Waals surface area contributed by atoms with Crippen molar-refractivity contribution in [3.8, 4) is 5.88 Å². The largest absolute Gasteiger partial charge is 0.472 e. The molecule has 1 fully saturated rings. The van der Waals surface area contributed by atoms with Gasteiger partial charge in [0.2, 0.25) is 11.8 Å². The molecule has 0 spiro atoms. The maximum atomic E-state index is 13.6. The number of fused-ring (bicyclic) bond motifs is 1. The van der Waals surface area contributed by atoms with Crippen LogP contribution in [0.15, 0.2) is 30.6 Å². The number of rotatable bonds is 5. The van der Waals surface area contributed by atoms with Crippen molar-refractivity contribution in [3.05, 3.63) is 30.6 Å². The number of nitrogens with zero attached hydrogens (tertiary/aromatic N) is 3. The highest BCUT2D eigenvalue weighted by Gasteiger charge is 2.46. The second-order valence-corrected chi connectivity index (χ2v) is 10.6. The maximum absolute atomic E-state index is 13.6. The number of alkyl carbamates (subject to hydrolysis) is 1. The molecule has 3 amide bonds. The molecule has 3 rings (SSSR count). The number of amides is 3. The summed E-state index contributed by atoms with van der Waals surface area (Å²) in [6, 6.07) is 6.49. The summed E-state index contributed by atoms with van der Waals surface area (Å²) in [6.45, 7) is 10.9. The molecule has 2 aromatic rings. The molecule has 1 aliphatic heterocycles. The molecule has 0 saturated carbocycles. The van der Waals surface area contributed by atoms with Crippen molar-refractivity contribution in [3.63, 3.8) is 0 Å². The Balaban J connectivity index is 1.82. The molecule has 2 heterocycles. The van der Waals surface area contributed by atoms with E-state index in [9.17, 15) is 14.4 Å². The van der Waals surface area contributed by atoms with E-state index in [1.807, 2.05) is 45.0 Å². The number of hydrogen-bond donors (Lipinski definition) is 2. The normalized spacial score (nSPS) is 19.5. The Labute approximate surface area is 199 Å². The fourth-order valence-corrected chi connectivity index (χ4v) is 3.82. The van der Waals surface area contributed by atoms with Crippen molar-refractivity contribution in [2.24, 2.45) is 11.1 Å². The van der Waals surface area contributed by atoms with Crippen LogP contribution < -0.4 is 15.8 Å². The molecule has 0 aliphatic carbocycles. The lowest BCUT2D eigenvalue weighted by Gasteiger charge is -2.34. The highest BCUT2D eigenvalue weighted by Crippen LogP contribution is 2.30. The first-order chi connectivity index (χ1) is 15.8. The molecule has 1 aromatic heterocycles. The van der Waals surface area contributed by atoms with Crippen LogP contribution in [0.4, 0.5) is 4.79 Å². The third-order valence-corrected chi connectivity index (χ3v) is 5.37. The van der Waals surface area contributed by atoms with E-state index < -0.39 is 47.1 Å². The predicted octanol–water partition coefficient (Wildman–Crippen LogP) is 2.40. The van der Waals surface area contributed by atoms with E-state index in [1.54, 1.807) is 20.8 Å². The molecule has 10 nitrogen and oxygen atoms in total. The Bertz CT molecular complexity index is 1070. The zero-order valence-corrected chi connectivity index (χ0v) is 20.5. The molecule has 3 N–H and O–H groups in total. The first-order valence-corrected chi connectivity index (χ1v) is 11.2. The van der Waals surface area contributed by atoms with Gasteiger partial charge in [0.15, 0.2) is 6.10 Å². The standard InChI is InChI=1S/C24H33N5O5/c1-23(2,3)18(34-22(32)28-24(4,5)6)21(31)29-12-14(11-17(29)19(25)30)33-20-15-9-7-8-10-16(15)26-13-27-20/h7-10,13-14,17-18H,11-12H2,1-6H3,(H2,25,30)(H,28,32)/t14-,17?,18-/m1/s1. The second-order valence-electron chi connectivity index (χ2n) is 10.6. The number of carbonyl (C=O) groups excluding carboxylic acids is 3. The summed E-state index contributed by atoms with van der Waals surface area (Å²) in [5.41, 5.74) is 5.09. The van der Waals surface area contributed by atoms with Crippen LogP contribution in [0, 0.1) is 5.41 Å². The van der Waals surface area contributed by atoms with Gasteiger partial charge < -0.3 is 25.4 Å². The number of primary amides is 1. The van der Waals surface area contributed by atoms with Gasteiger partial charge in [0.05, 0.1) is 17.4 Å². The second kappa shape index (κ2) is 9.44. The monoisotopic (exact) mass is 471 g/mol. The van der Waals surface area contributed by atoms with Crippen molar-refractivity contribution in [2.75, 3.05) is 6.54 Å². The number of hydrogen-bond acceptors (Lipinski definition) is 7. The number of nitrogens with one attached hydrogen (secondary N) is 1. The van der Waals surface area contributed by atoms with Crippen LogP contribution in [0.1, 0.15) is 48.0 Å². The van der Waals surface area contributed by atoms with E-state index >= 15 is 0 Å². The average molecular weight is 472 g/mol. The zero-order chi connectivity index (χ0) is 25.3. The Morgan fingerprint density at radius 2 is 1.79 bits per heavy atom. The molecule has 34 heavy (non-hydrogen) atoms. The molecule has 3 atom stereocenters. The van der Waals surface area contributed by atoms with Crippen molar-refractivity contribution >= 4 is 28.8 Å². The van der Waals surface area contributed by atoms with E-state index in [-0.39, 0.29) is 13.0 Å². The number of carbonyl (C=O) groups is 3. The van der Waals surface area contributed by atoms with Crippen LogP contribution in [0.2, 0.25) is 0 Å². The molecular weight excluding hydrogens is 438 g/mol. The van der Waals surface area contributed by atoms with Crippen molar-refractivity contribution < 1.29 is 23.9 Å². The Hall–Kier alpha value is -3.43. The molecule has 1 aromatic carbocycles. The van der Waals surface area contributed by atoms with Gasteiger partial charge in [-0.2, -0.15) is 0 Å². The van der Waals surface area contributed by atoms with Gasteiger partial charge in [-0.25, -0.2) is 14.8 Å². The first kappa shape index (κ1) is 25.2. The third kappa shape index (κ3) is 5.92. The number of ether oxygens (including phenoxy) is 2. The van der Waals surface area contributed by atoms with Crippen LogP contribution in [0.3, 0.4) is 0 Å². The van der Waals surface area contributed by atoms with Gasteiger partial charge in [0, 0.05) is 17.4 Å². The lowest BCUT2D eigenvalue weighted by molar-refractivity contribution is -0.149. The van der Waals surface area contributed by atoms with Crippen LogP contribution >= 0.6 is 0 Å². The van der Waals surface area contributed by atoms with Crippen molar-refractivity contribution in [2.45, 2.75) is 71.8 Å². The first-order valence-electron chi connectivity index (χ1n) is 11.2. The van der Waals surface area contributed by atoms with Crippen LogP contribution in [0.25, 0.3) is 10.9 Å². The third-order valence-electron chi connectivity index (χ3n) is 5.37. The fourth-order valence-electron chi connectivity index (χ4n) is 3.82. The molecule has 1 saturated heterocycles. The summed E-state index contributed by atoms with van der Waals surface area (Å²) in [4.78, 5) is 48.0. The molecule has 184 valence electrons. The average Bonchev–Trinajstić information content (AvgIpc) is 3.14. The Kier molecular flexibility index (Phi) is 6.99. The van der Waals surface area contributed by atoms with Gasteiger partial charge in [0.25, 0.3) is 5.91 Å². The SMILES string of the molecule is CC(C)(C)NC(=O)O[C@H](C(=O)N1C[C@H](Oc2ncnc3ccccc23)CC1C(N)=O)C(C)(C)C. The number of para-hydroxylation sites is 1. The Morgan fingerprint density at radius 3 is 2.41 bits per heavy atom. The minimum absolute atomic E-state index is 0.0988. The summed E-state index contributed by atoms with van der Waals surface area (Å²) in [7, 11) is 0.